The summed E-state index contributed by atoms with van der Waals surface area (Å²) in [5.74, 6) is -0.0387. The zero-order valence-electron chi connectivity index (χ0n) is 44.9. The molecule has 6 nitrogen and oxygen atoms in total. The average Bonchev–Trinajstić information content (AvgIpc) is 3.33. The van der Waals surface area contributed by atoms with Crippen molar-refractivity contribution < 1.29 is 24.5 Å². The minimum atomic E-state index is -0.664. The Hall–Kier alpha value is -1.92. The molecule has 0 aliphatic rings. The molecule has 0 fully saturated rings. The minimum Gasteiger partial charge on any atom is -0.466 e. The maximum atomic E-state index is 12.4. The summed E-state index contributed by atoms with van der Waals surface area (Å²) in [6.07, 6.45) is 70.2. The third kappa shape index (κ3) is 53.3. The Morgan fingerprint density at radius 2 is 0.746 bits per heavy atom. The molecule has 3 N–H and O–H groups in total. The van der Waals surface area contributed by atoms with Crippen LogP contribution in [0.5, 0.6) is 0 Å². The average molecular weight is 943 g/mol. The van der Waals surface area contributed by atoms with Crippen LogP contribution in [0.4, 0.5) is 0 Å². The Labute approximate surface area is 417 Å². The van der Waals surface area contributed by atoms with Crippen molar-refractivity contribution in [3.63, 3.8) is 0 Å². The van der Waals surface area contributed by atoms with E-state index >= 15 is 0 Å². The maximum Gasteiger partial charge on any atom is 0.305 e. The van der Waals surface area contributed by atoms with E-state index in [2.05, 4.69) is 55.6 Å². The molecule has 0 aliphatic heterocycles. The van der Waals surface area contributed by atoms with Crippen LogP contribution in [0.15, 0.2) is 36.5 Å². The molecule has 0 aromatic rings. The second-order valence-electron chi connectivity index (χ2n) is 20.3. The highest BCUT2D eigenvalue weighted by atomic mass is 16.5. The van der Waals surface area contributed by atoms with Crippen LogP contribution in [-0.4, -0.2) is 47.4 Å². The van der Waals surface area contributed by atoms with E-state index in [4.69, 9.17) is 4.74 Å². The van der Waals surface area contributed by atoms with Crippen molar-refractivity contribution in [2.45, 2.75) is 328 Å². The molecule has 0 aliphatic carbocycles. The zero-order valence-corrected chi connectivity index (χ0v) is 44.9. The first kappa shape index (κ1) is 65.1. The number of rotatable bonds is 55. The van der Waals surface area contributed by atoms with Crippen molar-refractivity contribution in [1.29, 1.82) is 0 Å². The molecular formula is C61H115NO5. The van der Waals surface area contributed by atoms with Gasteiger partial charge in [-0.2, -0.15) is 0 Å². The molecular weight excluding hydrogens is 827 g/mol. The van der Waals surface area contributed by atoms with Gasteiger partial charge in [-0.25, -0.2) is 0 Å². The highest BCUT2D eigenvalue weighted by Gasteiger charge is 2.20. The third-order valence-corrected chi connectivity index (χ3v) is 13.7. The predicted molar refractivity (Wildman–Crippen MR) is 292 cm³/mol. The Kier molecular flexibility index (Phi) is 55.0. The van der Waals surface area contributed by atoms with Gasteiger partial charge in [0.05, 0.1) is 25.4 Å². The molecule has 0 heterocycles. The van der Waals surface area contributed by atoms with E-state index < -0.39 is 12.1 Å². The van der Waals surface area contributed by atoms with E-state index in [1.165, 1.54) is 231 Å². The van der Waals surface area contributed by atoms with E-state index in [0.29, 0.717) is 25.9 Å². The van der Waals surface area contributed by atoms with Gasteiger partial charge < -0.3 is 20.3 Å². The second-order valence-corrected chi connectivity index (χ2v) is 20.3. The number of carbonyl (C=O) groups is 2. The highest BCUT2D eigenvalue weighted by Crippen LogP contribution is 2.16. The van der Waals surface area contributed by atoms with Gasteiger partial charge >= 0.3 is 5.97 Å². The van der Waals surface area contributed by atoms with Gasteiger partial charge in [-0.15, -0.1) is 0 Å². The number of esters is 1. The molecule has 1 amide bonds. The lowest BCUT2D eigenvalue weighted by Crippen LogP contribution is -2.45. The summed E-state index contributed by atoms with van der Waals surface area (Å²) < 4.78 is 5.47. The number of allylic oxidation sites excluding steroid dienone is 6. The molecule has 2 unspecified atom stereocenters. The van der Waals surface area contributed by atoms with Crippen molar-refractivity contribution in [3.8, 4) is 0 Å². The predicted octanol–water partition coefficient (Wildman–Crippen LogP) is 18.4. The number of hydrogen-bond donors (Lipinski definition) is 3. The topological polar surface area (TPSA) is 95.9 Å². The SMILES string of the molecule is CCCCCCC/C=C\CCCCCCCC(=O)OCCCCCCCCCCC/C=C\C/C=C\CCCCCCCCCCCCCC(=O)NC(CO)C(O)CCCCCCCCCCC. The van der Waals surface area contributed by atoms with Crippen molar-refractivity contribution in [2.24, 2.45) is 0 Å². The molecule has 0 aromatic carbocycles. The lowest BCUT2D eigenvalue weighted by molar-refractivity contribution is -0.143. The molecule has 2 atom stereocenters. The number of aliphatic hydroxyl groups excluding tert-OH is 2. The number of unbranched alkanes of at least 4 members (excludes halogenated alkanes) is 38. The summed E-state index contributed by atoms with van der Waals surface area (Å²) in [5.41, 5.74) is 0. The van der Waals surface area contributed by atoms with Crippen molar-refractivity contribution in [3.05, 3.63) is 36.5 Å². The lowest BCUT2D eigenvalue weighted by atomic mass is 10.0. The van der Waals surface area contributed by atoms with E-state index in [0.717, 1.165) is 51.4 Å². The van der Waals surface area contributed by atoms with Gasteiger partial charge in [-0.3, -0.25) is 9.59 Å². The van der Waals surface area contributed by atoms with Crippen molar-refractivity contribution in [1.82, 2.24) is 5.32 Å². The quantitative estimate of drug-likeness (QED) is 0.0321. The van der Waals surface area contributed by atoms with Gasteiger partial charge in [0.2, 0.25) is 5.91 Å². The van der Waals surface area contributed by atoms with Gasteiger partial charge in [0.1, 0.15) is 0 Å². The van der Waals surface area contributed by atoms with E-state index in [9.17, 15) is 19.8 Å². The van der Waals surface area contributed by atoms with Gasteiger partial charge in [-0.05, 0) is 83.5 Å². The third-order valence-electron chi connectivity index (χ3n) is 13.7. The monoisotopic (exact) mass is 942 g/mol. The first-order valence-corrected chi connectivity index (χ1v) is 29.7. The van der Waals surface area contributed by atoms with Crippen LogP contribution < -0.4 is 5.32 Å². The molecule has 0 bridgehead atoms. The molecule has 0 aromatic heterocycles. The second kappa shape index (κ2) is 56.7. The van der Waals surface area contributed by atoms with Gasteiger partial charge in [-0.1, -0.05) is 256 Å². The molecule has 0 rings (SSSR count). The Morgan fingerprint density at radius 3 is 1.15 bits per heavy atom. The number of hydrogen-bond acceptors (Lipinski definition) is 5. The number of amides is 1. The summed E-state index contributed by atoms with van der Waals surface area (Å²) in [5, 5.41) is 23.1. The van der Waals surface area contributed by atoms with Crippen LogP contribution in [-0.2, 0) is 14.3 Å². The standard InChI is InChI=1S/C61H115NO5/c1-3-5-7-9-11-13-14-15-32-35-39-43-47-51-55-61(66)67-56-52-48-44-40-36-33-30-28-26-24-22-20-18-16-17-19-21-23-25-27-29-31-34-38-42-46-50-54-60(65)62-58(57-63)59(64)53-49-45-41-37-12-10-8-6-4-2/h14-17,20,22,58-59,63-64H,3-13,18-19,21,23-57H2,1-2H3,(H,62,65)/b15-14-,17-16-,22-20-. The lowest BCUT2D eigenvalue weighted by Gasteiger charge is -2.22. The normalized spacial score (nSPS) is 12.8. The van der Waals surface area contributed by atoms with Crippen molar-refractivity contribution >= 4 is 11.9 Å². The Morgan fingerprint density at radius 1 is 0.418 bits per heavy atom. The Balaban J connectivity index is 3.40. The largest absolute Gasteiger partial charge is 0.466 e. The van der Waals surface area contributed by atoms with Crippen LogP contribution >= 0.6 is 0 Å². The van der Waals surface area contributed by atoms with Gasteiger partial charge in [0.15, 0.2) is 0 Å². The number of ether oxygens (including phenoxy) is 1. The van der Waals surface area contributed by atoms with Crippen LogP contribution in [0.1, 0.15) is 316 Å². The maximum absolute atomic E-state index is 12.4. The van der Waals surface area contributed by atoms with Crippen LogP contribution in [0.25, 0.3) is 0 Å². The molecule has 6 heteroatoms. The van der Waals surface area contributed by atoms with Gasteiger partial charge in [0, 0.05) is 12.8 Å². The molecule has 0 saturated heterocycles. The molecule has 0 radical (unpaired) electrons. The smallest absolute Gasteiger partial charge is 0.305 e. The van der Waals surface area contributed by atoms with E-state index in [-0.39, 0.29) is 18.5 Å². The van der Waals surface area contributed by atoms with E-state index in [1.54, 1.807) is 0 Å². The van der Waals surface area contributed by atoms with Crippen LogP contribution in [0, 0.1) is 0 Å². The first-order chi connectivity index (χ1) is 33.0. The summed E-state index contributed by atoms with van der Waals surface area (Å²) in [4.78, 5) is 24.4. The molecule has 394 valence electrons. The highest BCUT2D eigenvalue weighted by molar-refractivity contribution is 5.76. The summed E-state index contributed by atoms with van der Waals surface area (Å²) in [7, 11) is 0. The summed E-state index contributed by atoms with van der Waals surface area (Å²) in [6.45, 7) is 4.92. The number of aliphatic hydroxyl groups is 2. The molecule has 67 heavy (non-hydrogen) atoms. The first-order valence-electron chi connectivity index (χ1n) is 29.7. The molecule has 0 saturated carbocycles. The fourth-order valence-corrected chi connectivity index (χ4v) is 9.08. The van der Waals surface area contributed by atoms with Crippen molar-refractivity contribution in [2.75, 3.05) is 13.2 Å². The fraction of sp³-hybridized carbons (Fsp3) is 0.869. The Bertz CT molecular complexity index is 1090. The number of nitrogens with one attached hydrogen (secondary N) is 1. The minimum absolute atomic E-state index is 0.00177. The summed E-state index contributed by atoms with van der Waals surface area (Å²) >= 11 is 0. The molecule has 0 spiro atoms. The summed E-state index contributed by atoms with van der Waals surface area (Å²) in [6, 6.07) is -0.542. The van der Waals surface area contributed by atoms with Gasteiger partial charge in [0.25, 0.3) is 0 Å². The fourth-order valence-electron chi connectivity index (χ4n) is 9.08. The number of carbonyl (C=O) groups excluding carboxylic acids is 2. The van der Waals surface area contributed by atoms with Crippen LogP contribution in [0.2, 0.25) is 0 Å². The zero-order chi connectivity index (χ0) is 48.6. The van der Waals surface area contributed by atoms with Crippen LogP contribution in [0.3, 0.4) is 0 Å². The van der Waals surface area contributed by atoms with E-state index in [1.807, 2.05) is 0 Å².